The Morgan fingerprint density at radius 2 is 1.97 bits per heavy atom. The molecular formula is C23H24FN3O4. The summed E-state index contributed by atoms with van der Waals surface area (Å²) in [6.45, 7) is 1.46. The average Bonchev–Trinajstić information content (AvgIpc) is 3.48. The van der Waals surface area contributed by atoms with E-state index in [-0.39, 0.29) is 30.0 Å². The van der Waals surface area contributed by atoms with Crippen LogP contribution in [0.3, 0.4) is 0 Å². The number of nitrogens with one attached hydrogen (secondary N) is 1. The summed E-state index contributed by atoms with van der Waals surface area (Å²) in [6, 6.07) is 9.92. The molecule has 2 amide bonds. The van der Waals surface area contributed by atoms with Crippen molar-refractivity contribution in [3.63, 3.8) is 0 Å². The largest absolute Gasteiger partial charge is 0.467 e. The van der Waals surface area contributed by atoms with Gasteiger partial charge in [0.1, 0.15) is 11.6 Å². The number of piperidine rings is 1. The van der Waals surface area contributed by atoms with Gasteiger partial charge in [-0.05, 0) is 37.1 Å². The first-order valence-electron chi connectivity index (χ1n) is 10.4. The number of hydrogen-bond donors (Lipinski definition) is 1. The molecule has 3 heterocycles. The molecule has 0 spiro atoms. The van der Waals surface area contributed by atoms with Crippen LogP contribution in [0.25, 0.3) is 11.3 Å². The van der Waals surface area contributed by atoms with Gasteiger partial charge in [-0.2, -0.15) is 0 Å². The second-order valence-electron chi connectivity index (χ2n) is 7.55. The minimum absolute atomic E-state index is 0.0000791. The van der Waals surface area contributed by atoms with Gasteiger partial charge in [0.15, 0.2) is 11.7 Å². The predicted molar refractivity (Wildman–Crippen MR) is 110 cm³/mol. The van der Waals surface area contributed by atoms with Crippen molar-refractivity contribution in [3.05, 3.63) is 66.3 Å². The Morgan fingerprint density at radius 3 is 2.71 bits per heavy atom. The topological polar surface area (TPSA) is 88.6 Å². The number of furan rings is 1. The van der Waals surface area contributed by atoms with E-state index in [0.29, 0.717) is 61.9 Å². The molecule has 1 N–H and O–H groups in total. The first-order chi connectivity index (χ1) is 15.1. The highest BCUT2D eigenvalue weighted by molar-refractivity contribution is 5.80. The van der Waals surface area contributed by atoms with Gasteiger partial charge in [0.25, 0.3) is 0 Å². The number of rotatable bonds is 7. The Kier molecular flexibility index (Phi) is 6.45. The van der Waals surface area contributed by atoms with Crippen molar-refractivity contribution in [2.24, 2.45) is 5.92 Å². The first kappa shape index (κ1) is 20.8. The van der Waals surface area contributed by atoms with Crippen LogP contribution in [0.15, 0.2) is 57.7 Å². The second-order valence-corrected chi connectivity index (χ2v) is 7.55. The summed E-state index contributed by atoms with van der Waals surface area (Å²) in [5.74, 6) is 0.974. The molecule has 3 aromatic rings. The van der Waals surface area contributed by atoms with Crippen molar-refractivity contribution in [1.29, 1.82) is 0 Å². The molecule has 4 rings (SSSR count). The highest BCUT2D eigenvalue weighted by atomic mass is 19.1. The van der Waals surface area contributed by atoms with Gasteiger partial charge in [-0.1, -0.05) is 12.1 Å². The summed E-state index contributed by atoms with van der Waals surface area (Å²) in [5, 5.41) is 2.88. The zero-order chi connectivity index (χ0) is 21.6. The molecule has 1 aromatic carbocycles. The minimum atomic E-state index is -0.377. The molecule has 1 saturated heterocycles. The van der Waals surface area contributed by atoms with Gasteiger partial charge in [0, 0.05) is 31.8 Å². The van der Waals surface area contributed by atoms with E-state index < -0.39 is 0 Å². The Labute approximate surface area is 179 Å². The zero-order valence-corrected chi connectivity index (χ0v) is 17.1. The van der Waals surface area contributed by atoms with Crippen molar-refractivity contribution < 1.29 is 22.8 Å². The van der Waals surface area contributed by atoms with Gasteiger partial charge in [0.05, 0.1) is 24.6 Å². The number of halogens is 1. The van der Waals surface area contributed by atoms with Gasteiger partial charge in [-0.25, -0.2) is 9.37 Å². The molecule has 31 heavy (non-hydrogen) atoms. The van der Waals surface area contributed by atoms with Crippen molar-refractivity contribution in [2.75, 3.05) is 13.1 Å². The summed E-state index contributed by atoms with van der Waals surface area (Å²) >= 11 is 0. The number of oxazole rings is 1. The van der Waals surface area contributed by atoms with E-state index in [1.54, 1.807) is 35.4 Å². The fourth-order valence-corrected chi connectivity index (χ4v) is 3.71. The van der Waals surface area contributed by atoms with Crippen LogP contribution in [0.1, 0.15) is 30.9 Å². The fourth-order valence-electron chi connectivity index (χ4n) is 3.71. The van der Waals surface area contributed by atoms with Crippen LogP contribution in [0.2, 0.25) is 0 Å². The maximum absolute atomic E-state index is 13.9. The second kappa shape index (κ2) is 9.59. The molecule has 0 atom stereocenters. The molecule has 0 saturated carbocycles. The van der Waals surface area contributed by atoms with E-state index in [1.165, 1.54) is 12.3 Å². The third-order valence-corrected chi connectivity index (χ3v) is 5.48. The van der Waals surface area contributed by atoms with Gasteiger partial charge in [0.2, 0.25) is 11.8 Å². The third-order valence-electron chi connectivity index (χ3n) is 5.48. The summed E-state index contributed by atoms with van der Waals surface area (Å²) in [4.78, 5) is 30.8. The van der Waals surface area contributed by atoms with E-state index in [0.717, 1.165) is 0 Å². The Hall–Kier alpha value is -3.42. The van der Waals surface area contributed by atoms with Gasteiger partial charge < -0.3 is 19.1 Å². The Morgan fingerprint density at radius 1 is 1.16 bits per heavy atom. The van der Waals surface area contributed by atoms with Crippen LogP contribution in [0, 0.1) is 11.7 Å². The van der Waals surface area contributed by atoms with E-state index in [1.807, 2.05) is 6.07 Å². The van der Waals surface area contributed by atoms with Crippen molar-refractivity contribution >= 4 is 11.8 Å². The van der Waals surface area contributed by atoms with Gasteiger partial charge in [-0.15, -0.1) is 0 Å². The summed E-state index contributed by atoms with van der Waals surface area (Å²) in [7, 11) is 0. The summed E-state index contributed by atoms with van der Waals surface area (Å²) in [5.41, 5.74) is 0.347. The lowest BCUT2D eigenvalue weighted by atomic mass is 9.95. The maximum atomic E-state index is 13.9. The number of hydrogen-bond acceptors (Lipinski definition) is 5. The quantitative estimate of drug-likeness (QED) is 0.625. The molecule has 0 unspecified atom stereocenters. The molecule has 2 aromatic heterocycles. The molecule has 0 radical (unpaired) electrons. The van der Waals surface area contributed by atoms with Gasteiger partial charge >= 0.3 is 0 Å². The molecule has 7 nitrogen and oxygen atoms in total. The molecule has 8 heteroatoms. The number of aryl methyl sites for hydroxylation is 1. The lowest BCUT2D eigenvalue weighted by molar-refractivity contribution is -0.135. The number of benzene rings is 1. The highest BCUT2D eigenvalue weighted by Crippen LogP contribution is 2.24. The van der Waals surface area contributed by atoms with Crippen LogP contribution in [-0.2, 0) is 22.6 Å². The molecule has 1 fully saturated rings. The van der Waals surface area contributed by atoms with E-state index in [9.17, 15) is 14.0 Å². The molecule has 162 valence electrons. The Bertz CT molecular complexity index is 1020. The molecule has 0 bridgehead atoms. The lowest BCUT2D eigenvalue weighted by Crippen LogP contribution is -2.43. The number of amides is 2. The molecule has 0 aliphatic carbocycles. The third kappa shape index (κ3) is 5.20. The van der Waals surface area contributed by atoms with Crippen molar-refractivity contribution in [2.45, 2.75) is 32.2 Å². The molecule has 1 aliphatic rings. The van der Waals surface area contributed by atoms with E-state index in [4.69, 9.17) is 8.83 Å². The highest BCUT2D eigenvalue weighted by Gasteiger charge is 2.27. The van der Waals surface area contributed by atoms with Crippen molar-refractivity contribution in [1.82, 2.24) is 15.2 Å². The molecule has 1 aliphatic heterocycles. The first-order valence-corrected chi connectivity index (χ1v) is 10.4. The number of carbonyl (C=O) groups excluding carboxylic acids is 2. The average molecular weight is 425 g/mol. The number of aromatic nitrogens is 1. The monoisotopic (exact) mass is 425 g/mol. The van der Waals surface area contributed by atoms with E-state index >= 15 is 0 Å². The zero-order valence-electron chi connectivity index (χ0n) is 17.1. The summed E-state index contributed by atoms with van der Waals surface area (Å²) < 4.78 is 24.7. The smallest absolute Gasteiger partial charge is 0.223 e. The van der Waals surface area contributed by atoms with Crippen molar-refractivity contribution in [3.8, 4) is 11.3 Å². The number of likely N-dealkylation sites (tertiary alicyclic amines) is 1. The van der Waals surface area contributed by atoms with Crippen LogP contribution in [-0.4, -0.2) is 34.8 Å². The Balaban J connectivity index is 1.22. The van der Waals surface area contributed by atoms with Crippen LogP contribution in [0.4, 0.5) is 4.39 Å². The van der Waals surface area contributed by atoms with Crippen LogP contribution < -0.4 is 5.32 Å². The molecular weight excluding hydrogens is 401 g/mol. The predicted octanol–water partition coefficient (Wildman–Crippen LogP) is 3.56. The maximum Gasteiger partial charge on any atom is 0.223 e. The standard InChI is InChI=1S/C23H24FN3O4/c24-19-6-2-1-5-18(19)20-15-25-21(31-20)7-8-22(28)27-11-9-16(10-12-27)23(29)26-14-17-4-3-13-30-17/h1-6,13,15-16H,7-12,14H2,(H,26,29). The normalized spacial score (nSPS) is 14.5. The lowest BCUT2D eigenvalue weighted by Gasteiger charge is -2.31. The number of carbonyl (C=O) groups is 2. The SMILES string of the molecule is O=C(NCc1ccco1)C1CCN(C(=O)CCc2ncc(-c3ccccc3F)o2)CC1. The van der Waals surface area contributed by atoms with Gasteiger partial charge in [-0.3, -0.25) is 9.59 Å². The minimum Gasteiger partial charge on any atom is -0.467 e. The fraction of sp³-hybridized carbons (Fsp3) is 0.348. The van der Waals surface area contributed by atoms with Crippen LogP contribution in [0.5, 0.6) is 0 Å². The number of nitrogens with zero attached hydrogens (tertiary/aromatic N) is 2. The van der Waals surface area contributed by atoms with Crippen LogP contribution >= 0.6 is 0 Å². The van der Waals surface area contributed by atoms with E-state index in [2.05, 4.69) is 10.3 Å². The summed E-state index contributed by atoms with van der Waals surface area (Å²) in [6.07, 6.45) is 4.91.